The van der Waals surface area contributed by atoms with Crippen LogP contribution < -0.4 is 11.1 Å². The van der Waals surface area contributed by atoms with E-state index >= 15 is 0 Å². The van der Waals surface area contributed by atoms with Gasteiger partial charge >= 0.3 is 0 Å². The molecule has 1 amide bonds. The molecule has 0 aromatic heterocycles. The number of nitrogens with zero attached hydrogens (tertiary/aromatic N) is 1. The Kier molecular flexibility index (Phi) is 8.16. The van der Waals surface area contributed by atoms with Crippen molar-refractivity contribution in [1.82, 2.24) is 5.32 Å². The Labute approximate surface area is 110 Å². The van der Waals surface area contributed by atoms with E-state index in [0.29, 0.717) is 6.42 Å². The summed E-state index contributed by atoms with van der Waals surface area (Å²) in [6.45, 7) is 5.60. The Morgan fingerprint density at radius 2 is 1.78 bits per heavy atom. The fourth-order valence-corrected chi connectivity index (χ4v) is 1.67. The van der Waals surface area contributed by atoms with Crippen LogP contribution in [-0.4, -0.2) is 22.5 Å². The van der Waals surface area contributed by atoms with Gasteiger partial charge in [-0.3, -0.25) is 4.79 Å². The molecule has 0 aliphatic carbocycles. The van der Waals surface area contributed by atoms with Crippen LogP contribution in [0.5, 0.6) is 0 Å². The fraction of sp³-hybridized carbons (Fsp3) is 0.846. The van der Waals surface area contributed by atoms with Crippen molar-refractivity contribution in [3.63, 3.8) is 0 Å². The van der Waals surface area contributed by atoms with Gasteiger partial charge in [0, 0.05) is 6.42 Å². The molecule has 0 heterocycles. The van der Waals surface area contributed by atoms with E-state index in [1.165, 1.54) is 25.7 Å². The third-order valence-corrected chi connectivity index (χ3v) is 2.96. The van der Waals surface area contributed by atoms with E-state index < -0.39 is 5.54 Å². The topological polar surface area (TPSA) is 87.7 Å². The van der Waals surface area contributed by atoms with Crippen LogP contribution in [0, 0.1) is 0 Å². The van der Waals surface area contributed by atoms with E-state index in [1.54, 1.807) is 13.8 Å². The summed E-state index contributed by atoms with van der Waals surface area (Å²) in [5.74, 6) is -0.0408. The zero-order valence-corrected chi connectivity index (χ0v) is 11.8. The smallest absolute Gasteiger partial charge is 0.220 e. The number of amidine groups is 1. The minimum Gasteiger partial charge on any atom is -0.409 e. The molecule has 5 heteroatoms. The number of nitrogens with two attached hydrogens (primary N) is 1. The first-order valence-corrected chi connectivity index (χ1v) is 6.73. The van der Waals surface area contributed by atoms with Crippen LogP contribution in [0.15, 0.2) is 5.16 Å². The van der Waals surface area contributed by atoms with E-state index in [0.717, 1.165) is 12.8 Å². The zero-order chi connectivity index (χ0) is 14.0. The second kappa shape index (κ2) is 8.78. The SMILES string of the molecule is CCCCCCCCC(=O)NC(C)(C)C(N)=NO. The highest BCUT2D eigenvalue weighted by Crippen LogP contribution is 2.08. The summed E-state index contributed by atoms with van der Waals surface area (Å²) < 4.78 is 0. The standard InChI is InChI=1S/C13H27N3O2/c1-4-5-6-7-8-9-10-11(17)15-13(2,3)12(14)16-18/h18H,4-10H2,1-3H3,(H2,14,16)(H,15,17). The largest absolute Gasteiger partial charge is 0.409 e. The molecule has 0 aliphatic heterocycles. The van der Waals surface area contributed by atoms with Crippen molar-refractivity contribution in [2.45, 2.75) is 71.3 Å². The highest BCUT2D eigenvalue weighted by Gasteiger charge is 2.25. The van der Waals surface area contributed by atoms with Gasteiger partial charge < -0.3 is 16.3 Å². The average Bonchev–Trinajstić information content (AvgIpc) is 2.31. The number of nitrogens with one attached hydrogen (secondary N) is 1. The van der Waals surface area contributed by atoms with Crippen LogP contribution in [0.2, 0.25) is 0 Å². The Bertz CT molecular complexity index is 275. The third-order valence-electron chi connectivity index (χ3n) is 2.96. The second-order valence-corrected chi connectivity index (χ2v) is 5.18. The van der Waals surface area contributed by atoms with Crippen molar-refractivity contribution in [1.29, 1.82) is 0 Å². The molecule has 0 bridgehead atoms. The van der Waals surface area contributed by atoms with Crippen LogP contribution in [-0.2, 0) is 4.79 Å². The number of carbonyl (C=O) groups is 1. The molecule has 0 atom stereocenters. The number of rotatable bonds is 9. The zero-order valence-electron chi connectivity index (χ0n) is 11.8. The molecule has 4 N–H and O–H groups in total. The molecule has 0 radical (unpaired) electrons. The molecule has 0 saturated carbocycles. The van der Waals surface area contributed by atoms with E-state index in [4.69, 9.17) is 10.9 Å². The number of carbonyl (C=O) groups excluding carboxylic acids is 1. The maximum absolute atomic E-state index is 11.7. The van der Waals surface area contributed by atoms with Gasteiger partial charge in [0.05, 0.1) is 5.54 Å². The first-order valence-electron chi connectivity index (χ1n) is 6.73. The maximum atomic E-state index is 11.7. The monoisotopic (exact) mass is 257 g/mol. The number of amides is 1. The molecule has 0 unspecified atom stereocenters. The minimum atomic E-state index is -0.798. The van der Waals surface area contributed by atoms with Crippen molar-refractivity contribution in [3.8, 4) is 0 Å². The molecular weight excluding hydrogens is 230 g/mol. The van der Waals surface area contributed by atoms with Gasteiger partial charge in [-0.25, -0.2) is 0 Å². The maximum Gasteiger partial charge on any atom is 0.220 e. The summed E-state index contributed by atoms with van der Waals surface area (Å²) in [4.78, 5) is 11.7. The van der Waals surface area contributed by atoms with Gasteiger partial charge in [0.1, 0.15) is 0 Å². The van der Waals surface area contributed by atoms with Gasteiger partial charge in [-0.2, -0.15) is 0 Å². The molecule has 0 aromatic rings. The molecule has 0 aliphatic rings. The third kappa shape index (κ3) is 7.14. The minimum absolute atomic E-state index is 0.0128. The van der Waals surface area contributed by atoms with Crippen LogP contribution in [0.3, 0.4) is 0 Å². The number of oxime groups is 1. The molecule has 0 spiro atoms. The summed E-state index contributed by atoms with van der Waals surface area (Å²) in [6.07, 6.45) is 7.39. The molecule has 106 valence electrons. The number of unbranched alkanes of at least 4 members (excludes halogenated alkanes) is 5. The summed E-state index contributed by atoms with van der Waals surface area (Å²) in [5, 5.41) is 14.3. The van der Waals surface area contributed by atoms with Crippen molar-refractivity contribution in [2.24, 2.45) is 10.9 Å². The Balaban J connectivity index is 3.78. The predicted molar refractivity (Wildman–Crippen MR) is 73.6 cm³/mol. The van der Waals surface area contributed by atoms with Crippen molar-refractivity contribution in [3.05, 3.63) is 0 Å². The van der Waals surface area contributed by atoms with Crippen molar-refractivity contribution >= 4 is 11.7 Å². The second-order valence-electron chi connectivity index (χ2n) is 5.18. The van der Waals surface area contributed by atoms with Gasteiger partial charge in [-0.15, -0.1) is 0 Å². The summed E-state index contributed by atoms with van der Waals surface area (Å²) in [6, 6.07) is 0. The van der Waals surface area contributed by atoms with E-state index in [1.807, 2.05) is 0 Å². The van der Waals surface area contributed by atoms with E-state index in [2.05, 4.69) is 17.4 Å². The molecular formula is C13H27N3O2. The molecule has 0 fully saturated rings. The Morgan fingerprint density at radius 1 is 1.22 bits per heavy atom. The lowest BCUT2D eigenvalue weighted by atomic mass is 10.0. The van der Waals surface area contributed by atoms with E-state index in [-0.39, 0.29) is 11.7 Å². The molecule has 0 rings (SSSR count). The first kappa shape index (κ1) is 16.7. The highest BCUT2D eigenvalue weighted by atomic mass is 16.4. The Hall–Kier alpha value is -1.26. The van der Waals surface area contributed by atoms with E-state index in [9.17, 15) is 4.79 Å². The summed E-state index contributed by atoms with van der Waals surface area (Å²) in [5.41, 5.74) is 4.70. The lowest BCUT2D eigenvalue weighted by Crippen LogP contribution is -2.53. The van der Waals surface area contributed by atoms with Gasteiger partial charge in [0.15, 0.2) is 5.84 Å². The predicted octanol–water partition coefficient (Wildman–Crippen LogP) is 2.38. The number of hydrogen-bond donors (Lipinski definition) is 3. The van der Waals surface area contributed by atoms with Crippen LogP contribution in [0.1, 0.15) is 65.7 Å². The van der Waals surface area contributed by atoms with Crippen molar-refractivity contribution in [2.75, 3.05) is 0 Å². The van der Waals surface area contributed by atoms with Crippen molar-refractivity contribution < 1.29 is 10.0 Å². The fourth-order valence-electron chi connectivity index (χ4n) is 1.67. The lowest BCUT2D eigenvalue weighted by molar-refractivity contribution is -0.122. The van der Waals surface area contributed by atoms with Crippen LogP contribution in [0.25, 0.3) is 0 Å². The van der Waals surface area contributed by atoms with Gasteiger partial charge in [-0.05, 0) is 20.3 Å². The van der Waals surface area contributed by atoms with Crippen LogP contribution >= 0.6 is 0 Å². The summed E-state index contributed by atoms with van der Waals surface area (Å²) in [7, 11) is 0. The Morgan fingerprint density at radius 3 is 2.33 bits per heavy atom. The quantitative estimate of drug-likeness (QED) is 0.195. The first-order chi connectivity index (χ1) is 8.44. The van der Waals surface area contributed by atoms with Gasteiger partial charge in [0.2, 0.25) is 5.91 Å². The van der Waals surface area contributed by atoms with Gasteiger partial charge in [-0.1, -0.05) is 44.2 Å². The molecule has 0 aromatic carbocycles. The average molecular weight is 257 g/mol. The van der Waals surface area contributed by atoms with Crippen LogP contribution in [0.4, 0.5) is 0 Å². The molecule has 5 nitrogen and oxygen atoms in total. The lowest BCUT2D eigenvalue weighted by Gasteiger charge is -2.24. The molecule has 0 saturated heterocycles. The summed E-state index contributed by atoms with van der Waals surface area (Å²) >= 11 is 0. The highest BCUT2D eigenvalue weighted by molar-refractivity contribution is 5.93. The number of hydrogen-bond acceptors (Lipinski definition) is 3. The van der Waals surface area contributed by atoms with Gasteiger partial charge in [0.25, 0.3) is 0 Å². The molecule has 18 heavy (non-hydrogen) atoms. The normalized spacial score (nSPS) is 12.5.